The molecular formula is C20H8ClF9O. The molecule has 0 unspecified atom stereocenters. The van der Waals surface area contributed by atoms with Crippen molar-refractivity contribution in [2.24, 2.45) is 0 Å². The maximum absolute atomic E-state index is 14.4. The van der Waals surface area contributed by atoms with Crippen LogP contribution in [-0.4, -0.2) is 0 Å². The first-order chi connectivity index (χ1) is 14.3. The summed E-state index contributed by atoms with van der Waals surface area (Å²) in [5.74, 6) is -7.18. The summed E-state index contributed by atoms with van der Waals surface area (Å²) in [6.07, 6.45) is -9.49. The number of hydrogen-bond acceptors (Lipinski definition) is 1. The molecule has 0 aromatic heterocycles. The molecule has 0 amide bonds. The van der Waals surface area contributed by atoms with Gasteiger partial charge in [-0.2, -0.15) is 22.0 Å². The Hall–Kier alpha value is -2.88. The third-order valence-corrected chi connectivity index (χ3v) is 4.47. The predicted molar refractivity (Wildman–Crippen MR) is 92.7 cm³/mol. The van der Waals surface area contributed by atoms with E-state index in [1.54, 1.807) is 0 Å². The second-order valence-corrected chi connectivity index (χ2v) is 6.55. The third-order valence-electron chi connectivity index (χ3n) is 4.09. The Morgan fingerprint density at radius 2 is 1.32 bits per heavy atom. The van der Waals surface area contributed by atoms with E-state index in [-0.39, 0.29) is 12.1 Å². The Morgan fingerprint density at radius 1 is 0.710 bits per heavy atom. The van der Waals surface area contributed by atoms with Gasteiger partial charge in [-0.15, -0.1) is 0 Å². The molecule has 1 nitrogen and oxygen atoms in total. The maximum Gasteiger partial charge on any atom is 0.428 e. The van der Waals surface area contributed by atoms with Crippen LogP contribution in [0.4, 0.5) is 39.5 Å². The summed E-state index contributed by atoms with van der Waals surface area (Å²) in [5.41, 5.74) is -4.37. The van der Waals surface area contributed by atoms with Gasteiger partial charge in [0.25, 0.3) is 0 Å². The fourth-order valence-corrected chi connectivity index (χ4v) is 2.96. The zero-order chi connectivity index (χ0) is 23.1. The van der Waals surface area contributed by atoms with Crippen molar-refractivity contribution in [2.75, 3.05) is 0 Å². The number of rotatable bonds is 4. The third kappa shape index (κ3) is 4.58. The summed E-state index contributed by atoms with van der Waals surface area (Å²) >= 11 is 5.49. The van der Waals surface area contributed by atoms with Crippen molar-refractivity contribution in [3.63, 3.8) is 0 Å². The van der Waals surface area contributed by atoms with E-state index in [0.717, 1.165) is 30.3 Å². The molecule has 0 fully saturated rings. The normalized spacial score (nSPS) is 12.2. The Morgan fingerprint density at radius 3 is 1.87 bits per heavy atom. The van der Waals surface area contributed by atoms with Gasteiger partial charge >= 0.3 is 12.3 Å². The predicted octanol–water partition coefficient (Wildman–Crippen LogP) is 7.71. The first-order valence-corrected chi connectivity index (χ1v) is 8.56. The van der Waals surface area contributed by atoms with Crippen LogP contribution in [0.15, 0.2) is 48.5 Å². The first kappa shape index (κ1) is 22.8. The lowest BCUT2D eigenvalue weighted by Crippen LogP contribution is -2.22. The molecule has 0 aliphatic rings. The largest absolute Gasteiger partial charge is 0.429 e. The second-order valence-electron chi connectivity index (χ2n) is 6.17. The molecule has 0 N–H and O–H groups in total. The SMILES string of the molecule is Fc1cc(OC(F)(F)c2cccc(F)c2Cl)ccc1-c1cc(F)c(C(F)(F)F)c(F)c1. The maximum atomic E-state index is 14.4. The molecule has 0 atom stereocenters. The Bertz CT molecular complexity index is 1120. The van der Waals surface area contributed by atoms with Crippen molar-refractivity contribution in [2.45, 2.75) is 12.3 Å². The zero-order valence-corrected chi connectivity index (χ0v) is 15.6. The minimum Gasteiger partial charge on any atom is -0.429 e. The Kier molecular flexibility index (Phi) is 5.88. The van der Waals surface area contributed by atoms with Crippen molar-refractivity contribution >= 4 is 11.6 Å². The van der Waals surface area contributed by atoms with Crippen molar-refractivity contribution < 1.29 is 44.3 Å². The summed E-state index contributed by atoms with van der Waals surface area (Å²) in [7, 11) is 0. The average Bonchev–Trinajstić information content (AvgIpc) is 2.61. The molecule has 0 bridgehead atoms. The quantitative estimate of drug-likeness (QED) is 0.355. The van der Waals surface area contributed by atoms with E-state index < -0.39 is 68.6 Å². The van der Waals surface area contributed by atoms with Crippen LogP contribution in [0.1, 0.15) is 11.1 Å². The number of benzene rings is 3. The van der Waals surface area contributed by atoms with E-state index >= 15 is 0 Å². The molecule has 31 heavy (non-hydrogen) atoms. The smallest absolute Gasteiger partial charge is 0.428 e. The van der Waals surface area contributed by atoms with Crippen LogP contribution in [-0.2, 0) is 12.3 Å². The highest BCUT2D eigenvalue weighted by molar-refractivity contribution is 6.31. The lowest BCUT2D eigenvalue weighted by atomic mass is 10.0. The van der Waals surface area contributed by atoms with E-state index in [2.05, 4.69) is 4.74 Å². The fourth-order valence-electron chi connectivity index (χ4n) is 2.72. The van der Waals surface area contributed by atoms with E-state index in [1.165, 1.54) is 0 Å². The zero-order valence-electron chi connectivity index (χ0n) is 14.8. The van der Waals surface area contributed by atoms with Crippen molar-refractivity contribution in [3.05, 3.63) is 87.9 Å². The summed E-state index contributed by atoms with van der Waals surface area (Å²) < 4.78 is 126. The molecule has 3 aromatic carbocycles. The number of ether oxygens (including phenoxy) is 1. The molecule has 0 saturated carbocycles. The van der Waals surface area contributed by atoms with Crippen molar-refractivity contribution in [1.82, 2.24) is 0 Å². The van der Waals surface area contributed by atoms with Gasteiger partial charge in [0.2, 0.25) is 0 Å². The van der Waals surface area contributed by atoms with Gasteiger partial charge in [-0.25, -0.2) is 17.6 Å². The highest BCUT2D eigenvalue weighted by atomic mass is 35.5. The van der Waals surface area contributed by atoms with Gasteiger partial charge < -0.3 is 4.74 Å². The van der Waals surface area contributed by atoms with Crippen molar-refractivity contribution in [1.29, 1.82) is 0 Å². The van der Waals surface area contributed by atoms with Gasteiger partial charge in [0.1, 0.15) is 34.6 Å². The molecule has 164 valence electrons. The number of halogens is 10. The number of hydrogen-bond donors (Lipinski definition) is 0. The standard InChI is InChI=1S/C20H8ClF9O/c21-18-12(2-1-3-13(18)22)20(29,30)31-10-4-5-11(14(23)8-10)9-6-15(24)17(16(25)7-9)19(26,27)28/h1-8H. The minimum atomic E-state index is -5.31. The van der Waals surface area contributed by atoms with Crippen LogP contribution >= 0.6 is 11.6 Å². The van der Waals surface area contributed by atoms with Crippen LogP contribution in [0, 0.1) is 23.3 Å². The Balaban J connectivity index is 1.95. The number of alkyl halides is 5. The van der Waals surface area contributed by atoms with Gasteiger partial charge in [0.05, 0.1) is 10.6 Å². The topological polar surface area (TPSA) is 9.23 Å². The molecule has 0 saturated heterocycles. The summed E-state index contributed by atoms with van der Waals surface area (Å²) in [6, 6.07) is 5.05. The van der Waals surface area contributed by atoms with Gasteiger partial charge in [-0.1, -0.05) is 17.7 Å². The lowest BCUT2D eigenvalue weighted by molar-refractivity contribution is -0.185. The van der Waals surface area contributed by atoms with Crippen LogP contribution in [0.25, 0.3) is 11.1 Å². The van der Waals surface area contributed by atoms with E-state index in [1.807, 2.05) is 0 Å². The fraction of sp³-hybridized carbons (Fsp3) is 0.100. The van der Waals surface area contributed by atoms with Crippen LogP contribution in [0.2, 0.25) is 5.02 Å². The average molecular weight is 471 g/mol. The van der Waals surface area contributed by atoms with Crippen molar-refractivity contribution in [3.8, 4) is 16.9 Å². The highest BCUT2D eigenvalue weighted by Gasteiger charge is 2.39. The summed E-state index contributed by atoms with van der Waals surface area (Å²) in [6.45, 7) is 0. The minimum absolute atomic E-state index is 0.256. The van der Waals surface area contributed by atoms with Crippen LogP contribution < -0.4 is 4.74 Å². The lowest BCUT2D eigenvalue weighted by Gasteiger charge is -2.20. The van der Waals surface area contributed by atoms with Gasteiger partial charge in [0.15, 0.2) is 0 Å². The Labute approximate surface area is 173 Å². The monoisotopic (exact) mass is 470 g/mol. The molecule has 0 radical (unpaired) electrons. The van der Waals surface area contributed by atoms with Gasteiger partial charge in [0, 0.05) is 11.6 Å². The van der Waals surface area contributed by atoms with E-state index in [0.29, 0.717) is 6.07 Å². The van der Waals surface area contributed by atoms with Crippen LogP contribution in [0.5, 0.6) is 5.75 Å². The second kappa shape index (κ2) is 7.99. The molecule has 0 aliphatic heterocycles. The summed E-state index contributed by atoms with van der Waals surface area (Å²) in [4.78, 5) is 0. The molecule has 11 heteroatoms. The molecule has 0 aliphatic carbocycles. The first-order valence-electron chi connectivity index (χ1n) is 8.18. The van der Waals surface area contributed by atoms with Gasteiger partial charge in [-0.05, 0) is 42.0 Å². The molecule has 0 spiro atoms. The molecule has 0 heterocycles. The molecular weight excluding hydrogens is 463 g/mol. The van der Waals surface area contributed by atoms with E-state index in [4.69, 9.17) is 11.6 Å². The van der Waals surface area contributed by atoms with E-state index in [9.17, 15) is 39.5 Å². The highest BCUT2D eigenvalue weighted by Crippen LogP contribution is 2.39. The molecule has 3 rings (SSSR count). The van der Waals surface area contributed by atoms with Gasteiger partial charge in [-0.3, -0.25) is 0 Å². The molecule has 3 aromatic rings. The summed E-state index contributed by atoms with van der Waals surface area (Å²) in [5, 5.41) is -0.916. The van der Waals surface area contributed by atoms with Crippen LogP contribution in [0.3, 0.4) is 0 Å².